The van der Waals surface area contributed by atoms with Crippen LogP contribution in [-0.4, -0.2) is 16.5 Å². The van der Waals surface area contributed by atoms with Gasteiger partial charge in [0, 0.05) is 18.8 Å². The molecule has 102 valence electrons. The zero-order valence-electron chi connectivity index (χ0n) is 11.6. The normalized spacial score (nSPS) is 10.9. The second kappa shape index (κ2) is 4.89. The molecule has 4 heteroatoms. The third-order valence-electron chi connectivity index (χ3n) is 3.29. The summed E-state index contributed by atoms with van der Waals surface area (Å²) in [4.78, 5) is 4.60. The number of nitrogens with two attached hydrogens (primary N) is 1. The number of aromatic nitrogens is 2. The Bertz CT molecular complexity index is 762. The van der Waals surface area contributed by atoms with Crippen molar-refractivity contribution in [2.24, 2.45) is 0 Å². The van der Waals surface area contributed by atoms with E-state index >= 15 is 0 Å². The number of benzene rings is 1. The first-order valence-corrected chi connectivity index (χ1v) is 6.52. The molecule has 0 aliphatic heterocycles. The summed E-state index contributed by atoms with van der Waals surface area (Å²) in [5.74, 6) is 0.863. The monoisotopic (exact) mass is 267 g/mol. The van der Waals surface area contributed by atoms with Gasteiger partial charge in [-0.2, -0.15) is 0 Å². The molecule has 3 aromatic rings. The second-order valence-electron chi connectivity index (χ2n) is 4.96. The smallest absolute Gasteiger partial charge is 0.160 e. The summed E-state index contributed by atoms with van der Waals surface area (Å²) in [6, 6.07) is 9.97. The number of imidazole rings is 1. The van der Waals surface area contributed by atoms with Crippen LogP contribution in [-0.2, 0) is 6.42 Å². The van der Waals surface area contributed by atoms with Gasteiger partial charge in [0.1, 0.15) is 5.75 Å². The molecular weight excluding hydrogens is 250 g/mol. The molecule has 2 heterocycles. The van der Waals surface area contributed by atoms with E-state index in [0.29, 0.717) is 5.69 Å². The maximum atomic E-state index is 6.01. The standard InChI is InChI=1S/C16H17N3O/c1-11-6-15(17)16-18-13(10-19(16)9-11)7-12-4-3-5-14(8-12)20-2/h3-6,8-10H,7,17H2,1-2H3. The largest absolute Gasteiger partial charge is 0.497 e. The first-order chi connectivity index (χ1) is 9.65. The number of methoxy groups -OCH3 is 1. The van der Waals surface area contributed by atoms with Crippen molar-refractivity contribution in [3.8, 4) is 5.75 Å². The quantitative estimate of drug-likeness (QED) is 0.794. The van der Waals surface area contributed by atoms with E-state index in [9.17, 15) is 0 Å². The van der Waals surface area contributed by atoms with Gasteiger partial charge in [-0.25, -0.2) is 4.98 Å². The predicted molar refractivity (Wildman–Crippen MR) is 80.1 cm³/mol. The summed E-state index contributed by atoms with van der Waals surface area (Å²) in [6.07, 6.45) is 4.82. The molecule has 0 saturated heterocycles. The fourth-order valence-electron chi connectivity index (χ4n) is 2.40. The number of hydrogen-bond acceptors (Lipinski definition) is 3. The van der Waals surface area contributed by atoms with Gasteiger partial charge in [-0.3, -0.25) is 0 Å². The van der Waals surface area contributed by atoms with Gasteiger partial charge in [0.2, 0.25) is 0 Å². The Balaban J connectivity index is 1.96. The van der Waals surface area contributed by atoms with Crippen LogP contribution in [0.2, 0.25) is 0 Å². The summed E-state index contributed by atoms with van der Waals surface area (Å²) in [7, 11) is 1.67. The van der Waals surface area contributed by atoms with E-state index in [2.05, 4.69) is 11.1 Å². The van der Waals surface area contributed by atoms with E-state index in [1.807, 2.05) is 48.0 Å². The molecule has 0 saturated carbocycles. The van der Waals surface area contributed by atoms with E-state index in [4.69, 9.17) is 10.5 Å². The average molecular weight is 267 g/mol. The molecule has 4 nitrogen and oxygen atoms in total. The number of nitrogens with zero attached hydrogens (tertiary/aromatic N) is 2. The Labute approximate surface area is 117 Å². The van der Waals surface area contributed by atoms with Gasteiger partial charge in [-0.1, -0.05) is 12.1 Å². The Kier molecular flexibility index (Phi) is 3.06. The summed E-state index contributed by atoms with van der Waals surface area (Å²) in [5.41, 5.74) is 10.8. The van der Waals surface area contributed by atoms with E-state index in [1.54, 1.807) is 7.11 Å². The molecular formula is C16H17N3O. The third-order valence-corrected chi connectivity index (χ3v) is 3.29. The summed E-state index contributed by atoms with van der Waals surface area (Å²) < 4.78 is 7.23. The minimum atomic E-state index is 0.710. The average Bonchev–Trinajstić information content (AvgIpc) is 2.81. The fraction of sp³-hybridized carbons (Fsp3) is 0.188. The molecule has 2 aromatic heterocycles. The van der Waals surface area contributed by atoms with E-state index in [0.717, 1.165) is 29.1 Å². The number of aryl methyl sites for hydroxylation is 1. The molecule has 1 aromatic carbocycles. The summed E-state index contributed by atoms with van der Waals surface area (Å²) in [6.45, 7) is 2.03. The zero-order chi connectivity index (χ0) is 14.1. The number of pyridine rings is 1. The van der Waals surface area contributed by atoms with E-state index < -0.39 is 0 Å². The van der Waals surface area contributed by atoms with Crippen LogP contribution in [0.1, 0.15) is 16.8 Å². The van der Waals surface area contributed by atoms with Crippen molar-refractivity contribution in [2.75, 3.05) is 12.8 Å². The van der Waals surface area contributed by atoms with Crippen LogP contribution in [0.25, 0.3) is 5.65 Å². The first kappa shape index (κ1) is 12.5. The molecule has 0 aliphatic rings. The summed E-state index contributed by atoms with van der Waals surface area (Å²) >= 11 is 0. The lowest BCUT2D eigenvalue weighted by atomic mass is 10.1. The number of fused-ring (bicyclic) bond motifs is 1. The van der Waals surface area contributed by atoms with Crippen LogP contribution < -0.4 is 10.5 Å². The summed E-state index contributed by atoms with van der Waals surface area (Å²) in [5, 5.41) is 0. The Morgan fingerprint density at radius 2 is 2.10 bits per heavy atom. The molecule has 0 fully saturated rings. The molecule has 0 atom stereocenters. The van der Waals surface area contributed by atoms with Crippen LogP contribution in [0.5, 0.6) is 5.75 Å². The van der Waals surface area contributed by atoms with Gasteiger partial charge in [-0.15, -0.1) is 0 Å². The van der Waals surface area contributed by atoms with Crippen LogP contribution >= 0.6 is 0 Å². The van der Waals surface area contributed by atoms with Gasteiger partial charge in [0.15, 0.2) is 5.65 Å². The van der Waals surface area contributed by atoms with Crippen LogP contribution in [0, 0.1) is 6.92 Å². The van der Waals surface area contributed by atoms with Gasteiger partial charge in [0.05, 0.1) is 18.5 Å². The maximum Gasteiger partial charge on any atom is 0.160 e. The number of rotatable bonds is 3. The molecule has 0 unspecified atom stereocenters. The van der Waals surface area contributed by atoms with Crippen molar-refractivity contribution in [3.05, 3.63) is 59.5 Å². The lowest BCUT2D eigenvalue weighted by molar-refractivity contribution is 0.414. The second-order valence-corrected chi connectivity index (χ2v) is 4.96. The van der Waals surface area contributed by atoms with Gasteiger partial charge >= 0.3 is 0 Å². The van der Waals surface area contributed by atoms with Crippen molar-refractivity contribution in [1.29, 1.82) is 0 Å². The molecule has 20 heavy (non-hydrogen) atoms. The number of ether oxygens (including phenoxy) is 1. The molecule has 2 N–H and O–H groups in total. The van der Waals surface area contributed by atoms with E-state index in [1.165, 1.54) is 5.56 Å². The van der Waals surface area contributed by atoms with E-state index in [-0.39, 0.29) is 0 Å². The Morgan fingerprint density at radius 3 is 2.90 bits per heavy atom. The first-order valence-electron chi connectivity index (χ1n) is 6.52. The van der Waals surface area contributed by atoms with Crippen molar-refractivity contribution >= 4 is 11.3 Å². The highest BCUT2D eigenvalue weighted by atomic mass is 16.5. The number of nitrogen functional groups attached to an aromatic ring is 1. The van der Waals surface area contributed by atoms with Gasteiger partial charge < -0.3 is 14.9 Å². The van der Waals surface area contributed by atoms with Crippen LogP contribution in [0.3, 0.4) is 0 Å². The Hall–Kier alpha value is -2.49. The molecule has 0 radical (unpaired) electrons. The minimum absolute atomic E-state index is 0.710. The molecule has 3 rings (SSSR count). The molecule has 0 aliphatic carbocycles. The number of anilines is 1. The van der Waals surface area contributed by atoms with Crippen LogP contribution in [0.4, 0.5) is 5.69 Å². The topological polar surface area (TPSA) is 52.5 Å². The minimum Gasteiger partial charge on any atom is -0.497 e. The third kappa shape index (κ3) is 2.32. The highest BCUT2D eigenvalue weighted by Crippen LogP contribution is 2.19. The Morgan fingerprint density at radius 1 is 1.25 bits per heavy atom. The van der Waals surface area contributed by atoms with Crippen molar-refractivity contribution in [2.45, 2.75) is 13.3 Å². The maximum absolute atomic E-state index is 6.01. The highest BCUT2D eigenvalue weighted by molar-refractivity contribution is 5.65. The van der Waals surface area contributed by atoms with Crippen molar-refractivity contribution in [1.82, 2.24) is 9.38 Å². The SMILES string of the molecule is COc1cccc(Cc2cn3cc(C)cc(N)c3n2)c1. The zero-order valence-corrected chi connectivity index (χ0v) is 11.6. The fourth-order valence-corrected chi connectivity index (χ4v) is 2.40. The molecule has 0 bridgehead atoms. The van der Waals surface area contributed by atoms with Crippen molar-refractivity contribution < 1.29 is 4.74 Å². The van der Waals surface area contributed by atoms with Crippen molar-refractivity contribution in [3.63, 3.8) is 0 Å². The predicted octanol–water partition coefficient (Wildman–Crippen LogP) is 2.82. The lowest BCUT2D eigenvalue weighted by Gasteiger charge is -2.02. The van der Waals surface area contributed by atoms with Gasteiger partial charge in [0.25, 0.3) is 0 Å². The lowest BCUT2D eigenvalue weighted by Crippen LogP contribution is -1.93. The molecule has 0 amide bonds. The highest BCUT2D eigenvalue weighted by Gasteiger charge is 2.06. The molecule has 0 spiro atoms. The van der Waals surface area contributed by atoms with Crippen LogP contribution in [0.15, 0.2) is 42.7 Å². The number of hydrogen-bond donors (Lipinski definition) is 1. The van der Waals surface area contributed by atoms with Gasteiger partial charge in [-0.05, 0) is 36.2 Å².